The Balaban J connectivity index is 1.57. The molecule has 0 fully saturated rings. The van der Waals surface area contributed by atoms with Crippen LogP contribution in [0, 0.1) is 0 Å². The van der Waals surface area contributed by atoms with Gasteiger partial charge in [0.25, 0.3) is 5.91 Å². The molecule has 0 unspecified atom stereocenters. The summed E-state index contributed by atoms with van der Waals surface area (Å²) in [7, 11) is 0. The van der Waals surface area contributed by atoms with Gasteiger partial charge in [0, 0.05) is 5.69 Å². The van der Waals surface area contributed by atoms with Gasteiger partial charge in [0.15, 0.2) is 6.61 Å². The van der Waals surface area contributed by atoms with Crippen molar-refractivity contribution < 1.29 is 27.8 Å². The van der Waals surface area contributed by atoms with Gasteiger partial charge >= 0.3 is 12.6 Å². The Bertz CT molecular complexity index is 823. The first-order valence-electron chi connectivity index (χ1n) is 8.15. The predicted octanol–water partition coefficient (Wildman–Crippen LogP) is 3.57. The van der Waals surface area contributed by atoms with Crippen LogP contribution in [0.3, 0.4) is 0 Å². The van der Waals surface area contributed by atoms with Crippen LogP contribution in [0.1, 0.15) is 27.9 Å². The first-order valence-corrected chi connectivity index (χ1v) is 8.15. The molecule has 1 aliphatic carbocycles. The van der Waals surface area contributed by atoms with Crippen molar-refractivity contribution in [3.63, 3.8) is 0 Å². The number of rotatable bonds is 6. The highest BCUT2D eigenvalue weighted by molar-refractivity contribution is 5.96. The summed E-state index contributed by atoms with van der Waals surface area (Å²) in [5, 5.41) is 2.66. The molecule has 2 aromatic rings. The molecule has 0 bridgehead atoms. The van der Waals surface area contributed by atoms with Gasteiger partial charge in [-0.3, -0.25) is 4.79 Å². The van der Waals surface area contributed by atoms with Gasteiger partial charge in [-0.1, -0.05) is 18.2 Å². The number of halogens is 2. The first kappa shape index (κ1) is 17.8. The Morgan fingerprint density at radius 3 is 2.65 bits per heavy atom. The van der Waals surface area contributed by atoms with Crippen molar-refractivity contribution in [2.75, 3.05) is 11.9 Å². The third kappa shape index (κ3) is 4.36. The summed E-state index contributed by atoms with van der Waals surface area (Å²) in [5.74, 6) is -1.72. The average Bonchev–Trinajstić information content (AvgIpc) is 3.07. The monoisotopic (exact) mass is 361 g/mol. The number of ether oxygens (including phenoxy) is 2. The molecule has 0 spiro atoms. The zero-order chi connectivity index (χ0) is 18.5. The number of fused-ring (bicyclic) bond motifs is 1. The second kappa shape index (κ2) is 7.95. The zero-order valence-corrected chi connectivity index (χ0v) is 13.8. The Hall–Kier alpha value is -2.96. The van der Waals surface area contributed by atoms with E-state index in [1.165, 1.54) is 35.4 Å². The van der Waals surface area contributed by atoms with Gasteiger partial charge in [-0.05, 0) is 54.7 Å². The Kier molecular flexibility index (Phi) is 5.46. The fourth-order valence-corrected chi connectivity index (χ4v) is 2.89. The van der Waals surface area contributed by atoms with Crippen LogP contribution in [-0.2, 0) is 22.4 Å². The van der Waals surface area contributed by atoms with E-state index >= 15 is 0 Å². The summed E-state index contributed by atoms with van der Waals surface area (Å²) >= 11 is 0. The van der Waals surface area contributed by atoms with Gasteiger partial charge in [0.1, 0.15) is 11.3 Å². The Morgan fingerprint density at radius 2 is 1.85 bits per heavy atom. The number of esters is 1. The second-order valence-electron chi connectivity index (χ2n) is 5.84. The number of benzene rings is 2. The minimum atomic E-state index is -3.06. The quantitative estimate of drug-likeness (QED) is 0.799. The standard InChI is InChI=1S/C19H17F2NO4/c20-19(21)26-16-7-2-1-6-15(16)18(24)25-11-17(23)22-14-9-8-12-4-3-5-13(12)10-14/h1-2,6-10,19H,3-5,11H2,(H,22,23). The van der Waals surface area contributed by atoms with Crippen LogP contribution in [0.5, 0.6) is 5.75 Å². The van der Waals surface area contributed by atoms with Gasteiger partial charge in [0.2, 0.25) is 0 Å². The highest BCUT2D eigenvalue weighted by atomic mass is 19.3. The second-order valence-corrected chi connectivity index (χ2v) is 5.84. The molecule has 0 heterocycles. The first-order chi connectivity index (χ1) is 12.5. The molecule has 136 valence electrons. The lowest BCUT2D eigenvalue weighted by atomic mass is 10.1. The smallest absolute Gasteiger partial charge is 0.387 e. The molecule has 0 radical (unpaired) electrons. The van der Waals surface area contributed by atoms with Crippen molar-refractivity contribution in [3.8, 4) is 5.75 Å². The number of anilines is 1. The Morgan fingerprint density at radius 1 is 1.08 bits per heavy atom. The summed E-state index contributed by atoms with van der Waals surface area (Å²) in [4.78, 5) is 24.0. The van der Waals surface area contributed by atoms with E-state index in [1.807, 2.05) is 12.1 Å². The Labute approximate surface area is 148 Å². The highest BCUT2D eigenvalue weighted by Crippen LogP contribution is 2.25. The van der Waals surface area contributed by atoms with Crippen LogP contribution < -0.4 is 10.1 Å². The number of carbonyl (C=O) groups is 2. The molecule has 26 heavy (non-hydrogen) atoms. The maximum Gasteiger partial charge on any atom is 0.387 e. The van der Waals surface area contributed by atoms with Crippen LogP contribution in [0.25, 0.3) is 0 Å². The molecule has 0 aliphatic heterocycles. The van der Waals surface area contributed by atoms with Crippen LogP contribution in [0.4, 0.5) is 14.5 Å². The van der Waals surface area contributed by atoms with Crippen molar-refractivity contribution in [2.24, 2.45) is 0 Å². The number of nitrogens with one attached hydrogen (secondary N) is 1. The summed E-state index contributed by atoms with van der Waals surface area (Å²) in [6.07, 6.45) is 3.13. The van der Waals surface area contributed by atoms with E-state index in [1.54, 1.807) is 6.07 Å². The van der Waals surface area contributed by atoms with Crippen LogP contribution in [0.15, 0.2) is 42.5 Å². The maximum atomic E-state index is 12.4. The number of hydrogen-bond acceptors (Lipinski definition) is 4. The normalized spacial score (nSPS) is 12.6. The van der Waals surface area contributed by atoms with Crippen LogP contribution in [0.2, 0.25) is 0 Å². The minimum Gasteiger partial charge on any atom is -0.452 e. The maximum absolute atomic E-state index is 12.4. The van der Waals surface area contributed by atoms with Gasteiger partial charge in [-0.25, -0.2) is 4.79 Å². The fourth-order valence-electron chi connectivity index (χ4n) is 2.89. The van der Waals surface area contributed by atoms with Gasteiger partial charge < -0.3 is 14.8 Å². The van der Waals surface area contributed by atoms with Crippen molar-refractivity contribution in [2.45, 2.75) is 25.9 Å². The van der Waals surface area contributed by atoms with Gasteiger partial charge in [-0.2, -0.15) is 8.78 Å². The van der Waals surface area contributed by atoms with Crippen LogP contribution in [-0.4, -0.2) is 25.1 Å². The molecular weight excluding hydrogens is 344 g/mol. The van der Waals surface area contributed by atoms with Gasteiger partial charge in [-0.15, -0.1) is 0 Å². The van der Waals surface area contributed by atoms with E-state index in [0.717, 1.165) is 19.3 Å². The van der Waals surface area contributed by atoms with Gasteiger partial charge in [0.05, 0.1) is 0 Å². The van der Waals surface area contributed by atoms with Crippen molar-refractivity contribution in [1.82, 2.24) is 0 Å². The molecule has 1 aliphatic rings. The van der Waals surface area contributed by atoms with Crippen molar-refractivity contribution in [1.29, 1.82) is 0 Å². The molecule has 0 aromatic heterocycles. The third-order valence-corrected chi connectivity index (χ3v) is 4.04. The number of amides is 1. The predicted molar refractivity (Wildman–Crippen MR) is 90.5 cm³/mol. The number of hydrogen-bond donors (Lipinski definition) is 1. The molecule has 2 aromatic carbocycles. The number of para-hydroxylation sites is 1. The average molecular weight is 361 g/mol. The lowest BCUT2D eigenvalue weighted by molar-refractivity contribution is -0.119. The molecule has 5 nitrogen and oxygen atoms in total. The summed E-state index contributed by atoms with van der Waals surface area (Å²) in [5.41, 5.74) is 2.95. The molecule has 7 heteroatoms. The van der Waals surface area contributed by atoms with E-state index in [4.69, 9.17) is 4.74 Å². The van der Waals surface area contributed by atoms with E-state index in [9.17, 15) is 18.4 Å². The van der Waals surface area contributed by atoms with E-state index in [2.05, 4.69) is 10.1 Å². The molecule has 0 saturated carbocycles. The molecular formula is C19H17F2NO4. The van der Waals surface area contributed by atoms with Crippen molar-refractivity contribution in [3.05, 3.63) is 59.2 Å². The third-order valence-electron chi connectivity index (χ3n) is 4.04. The minimum absolute atomic E-state index is 0.168. The summed E-state index contributed by atoms with van der Waals surface area (Å²) in [6.45, 7) is -3.59. The molecule has 1 amide bonds. The summed E-state index contributed by atoms with van der Waals surface area (Å²) in [6, 6.07) is 11.1. The topological polar surface area (TPSA) is 64.6 Å². The molecule has 0 atom stereocenters. The largest absolute Gasteiger partial charge is 0.452 e. The molecule has 1 N–H and O–H groups in total. The lowest BCUT2D eigenvalue weighted by Crippen LogP contribution is -2.21. The highest BCUT2D eigenvalue weighted by Gasteiger charge is 2.18. The molecule has 3 rings (SSSR count). The SMILES string of the molecule is O=C(COC(=O)c1ccccc1OC(F)F)Nc1ccc2c(c1)CCC2. The number of aryl methyl sites for hydroxylation is 2. The zero-order valence-electron chi connectivity index (χ0n) is 13.8. The number of carbonyl (C=O) groups excluding carboxylic acids is 2. The lowest BCUT2D eigenvalue weighted by Gasteiger charge is -2.11. The van der Waals surface area contributed by atoms with E-state index < -0.39 is 25.1 Å². The fraction of sp³-hybridized carbons (Fsp3) is 0.263. The van der Waals surface area contributed by atoms with Crippen molar-refractivity contribution >= 4 is 17.6 Å². The number of alkyl halides is 2. The summed E-state index contributed by atoms with van der Waals surface area (Å²) < 4.78 is 33.9. The van der Waals surface area contributed by atoms with E-state index in [0.29, 0.717) is 5.69 Å². The van der Waals surface area contributed by atoms with Crippen LogP contribution >= 0.6 is 0 Å². The van der Waals surface area contributed by atoms with E-state index in [-0.39, 0.29) is 11.3 Å². The molecule has 0 saturated heterocycles.